The van der Waals surface area contributed by atoms with Crippen molar-refractivity contribution in [2.75, 3.05) is 6.61 Å². The summed E-state index contributed by atoms with van der Waals surface area (Å²) in [5, 5.41) is 0. The molecule has 0 aliphatic rings. The fraction of sp³-hybridized carbons (Fsp3) is 0.273. The van der Waals surface area contributed by atoms with Crippen molar-refractivity contribution in [2.45, 2.75) is 13.3 Å². The zero-order valence-electron chi connectivity index (χ0n) is 9.53. The number of primary amides is 1. The Bertz CT molecular complexity index is 407. The third-order valence-corrected chi connectivity index (χ3v) is 2.00. The Balaban J connectivity index is 2.39. The second kappa shape index (κ2) is 6.37. The summed E-state index contributed by atoms with van der Waals surface area (Å²) in [6.07, 6.45) is 0.895. The molecular formula is C11H15N3O3. The quantitative estimate of drug-likeness (QED) is 0.658. The van der Waals surface area contributed by atoms with Gasteiger partial charge in [0, 0.05) is 0 Å². The van der Waals surface area contributed by atoms with Crippen LogP contribution in [0.1, 0.15) is 12.5 Å². The lowest BCUT2D eigenvalue weighted by Gasteiger charge is -2.08. The molecule has 0 saturated heterocycles. The lowest BCUT2D eigenvalue weighted by Crippen LogP contribution is -2.46. The topological polar surface area (TPSA) is 93.4 Å². The summed E-state index contributed by atoms with van der Waals surface area (Å²) >= 11 is 0. The zero-order chi connectivity index (χ0) is 12.7. The first kappa shape index (κ1) is 12.8. The molecule has 1 rings (SSSR count). The number of ether oxygens (including phenoxy) is 1. The van der Waals surface area contributed by atoms with Gasteiger partial charge >= 0.3 is 6.03 Å². The van der Waals surface area contributed by atoms with Crippen LogP contribution >= 0.6 is 0 Å². The number of urea groups is 1. The molecule has 0 fully saturated rings. The van der Waals surface area contributed by atoms with E-state index in [0.29, 0.717) is 5.75 Å². The highest BCUT2D eigenvalue weighted by Crippen LogP contribution is 2.13. The Kier molecular flexibility index (Phi) is 4.80. The number of nitrogens with two attached hydrogens (primary N) is 1. The first-order valence-corrected chi connectivity index (χ1v) is 5.18. The van der Waals surface area contributed by atoms with Crippen LogP contribution in [0.5, 0.6) is 5.75 Å². The molecule has 1 aromatic rings. The molecule has 0 aromatic heterocycles. The molecular weight excluding hydrogens is 222 g/mol. The SMILES string of the molecule is CCc1cccc(OCC(=O)NNC(N)=O)c1. The highest BCUT2D eigenvalue weighted by molar-refractivity contribution is 5.81. The molecule has 0 aliphatic heterocycles. The standard InChI is InChI=1S/C11H15N3O3/c1-2-8-4-3-5-9(6-8)17-7-10(15)13-14-11(12)16/h3-6H,2,7H2,1H3,(H,13,15)(H3,12,14,16). The molecule has 92 valence electrons. The fourth-order valence-corrected chi connectivity index (χ4v) is 1.17. The van der Waals surface area contributed by atoms with Crippen molar-refractivity contribution in [1.29, 1.82) is 0 Å². The predicted molar refractivity (Wildman–Crippen MR) is 62.2 cm³/mol. The number of aryl methyl sites for hydroxylation is 1. The number of hydrogen-bond acceptors (Lipinski definition) is 3. The van der Waals surface area contributed by atoms with E-state index in [-0.39, 0.29) is 6.61 Å². The Hall–Kier alpha value is -2.24. The first-order valence-electron chi connectivity index (χ1n) is 5.18. The molecule has 3 amide bonds. The van der Waals surface area contributed by atoms with Crippen molar-refractivity contribution in [3.05, 3.63) is 29.8 Å². The van der Waals surface area contributed by atoms with Gasteiger partial charge in [-0.1, -0.05) is 19.1 Å². The average Bonchev–Trinajstić information content (AvgIpc) is 2.34. The molecule has 0 spiro atoms. The average molecular weight is 237 g/mol. The molecule has 6 heteroatoms. The van der Waals surface area contributed by atoms with Gasteiger partial charge in [-0.05, 0) is 24.1 Å². The molecule has 0 unspecified atom stereocenters. The van der Waals surface area contributed by atoms with Gasteiger partial charge in [-0.15, -0.1) is 0 Å². The van der Waals surface area contributed by atoms with E-state index in [1.165, 1.54) is 0 Å². The van der Waals surface area contributed by atoms with Crippen molar-refractivity contribution in [3.8, 4) is 5.75 Å². The zero-order valence-corrected chi connectivity index (χ0v) is 9.53. The van der Waals surface area contributed by atoms with Gasteiger partial charge in [0.05, 0.1) is 0 Å². The minimum Gasteiger partial charge on any atom is -0.484 e. The predicted octanol–water partition coefficient (Wildman–Crippen LogP) is 0.327. The van der Waals surface area contributed by atoms with E-state index in [1.54, 1.807) is 6.07 Å². The summed E-state index contributed by atoms with van der Waals surface area (Å²) < 4.78 is 5.24. The number of amides is 3. The minimum atomic E-state index is -0.827. The van der Waals surface area contributed by atoms with Crippen LogP contribution in [0.15, 0.2) is 24.3 Å². The van der Waals surface area contributed by atoms with E-state index < -0.39 is 11.9 Å². The Morgan fingerprint density at radius 3 is 2.76 bits per heavy atom. The van der Waals surface area contributed by atoms with Gasteiger partial charge in [-0.3, -0.25) is 10.2 Å². The molecule has 0 aliphatic carbocycles. The van der Waals surface area contributed by atoms with Gasteiger partial charge in [0.15, 0.2) is 6.61 Å². The van der Waals surface area contributed by atoms with E-state index >= 15 is 0 Å². The van der Waals surface area contributed by atoms with E-state index in [4.69, 9.17) is 10.5 Å². The van der Waals surface area contributed by atoms with Gasteiger partial charge in [-0.2, -0.15) is 0 Å². The van der Waals surface area contributed by atoms with Crippen molar-refractivity contribution < 1.29 is 14.3 Å². The van der Waals surface area contributed by atoms with Crippen molar-refractivity contribution in [1.82, 2.24) is 10.9 Å². The Morgan fingerprint density at radius 1 is 1.35 bits per heavy atom. The lowest BCUT2D eigenvalue weighted by molar-refractivity contribution is -0.123. The third-order valence-electron chi connectivity index (χ3n) is 2.00. The lowest BCUT2D eigenvalue weighted by atomic mass is 10.2. The largest absolute Gasteiger partial charge is 0.484 e. The van der Waals surface area contributed by atoms with Crippen LogP contribution < -0.4 is 21.3 Å². The van der Waals surface area contributed by atoms with Gasteiger partial charge < -0.3 is 10.5 Å². The van der Waals surface area contributed by atoms with Gasteiger partial charge in [0.1, 0.15) is 5.75 Å². The number of carbonyl (C=O) groups is 2. The monoisotopic (exact) mass is 237 g/mol. The molecule has 0 heterocycles. The Labute approximate surface area is 99.1 Å². The van der Waals surface area contributed by atoms with Crippen LogP contribution in [0, 0.1) is 0 Å². The number of benzene rings is 1. The van der Waals surface area contributed by atoms with Crippen molar-refractivity contribution in [3.63, 3.8) is 0 Å². The summed E-state index contributed by atoms with van der Waals surface area (Å²) in [6.45, 7) is 1.84. The van der Waals surface area contributed by atoms with Crippen LogP contribution in [-0.2, 0) is 11.2 Å². The first-order chi connectivity index (χ1) is 8.11. The normalized spacial score (nSPS) is 9.47. The molecule has 0 bridgehead atoms. The second-order valence-electron chi connectivity index (χ2n) is 3.33. The van der Waals surface area contributed by atoms with E-state index in [9.17, 15) is 9.59 Å². The maximum absolute atomic E-state index is 11.2. The Morgan fingerprint density at radius 2 is 2.12 bits per heavy atom. The number of hydrazine groups is 1. The maximum atomic E-state index is 11.2. The number of rotatable bonds is 4. The maximum Gasteiger partial charge on any atom is 0.330 e. The smallest absolute Gasteiger partial charge is 0.330 e. The van der Waals surface area contributed by atoms with Crippen LogP contribution in [0.2, 0.25) is 0 Å². The molecule has 17 heavy (non-hydrogen) atoms. The summed E-state index contributed by atoms with van der Waals surface area (Å²) in [5.41, 5.74) is 9.96. The van der Waals surface area contributed by atoms with Crippen LogP contribution in [0.25, 0.3) is 0 Å². The van der Waals surface area contributed by atoms with Crippen LogP contribution in [0.4, 0.5) is 4.79 Å². The highest BCUT2D eigenvalue weighted by Gasteiger charge is 2.03. The van der Waals surface area contributed by atoms with Gasteiger partial charge in [-0.25, -0.2) is 10.2 Å². The summed E-state index contributed by atoms with van der Waals surface area (Å²) in [6, 6.07) is 6.62. The second-order valence-corrected chi connectivity index (χ2v) is 3.33. The fourth-order valence-electron chi connectivity index (χ4n) is 1.17. The van der Waals surface area contributed by atoms with Crippen LogP contribution in [0.3, 0.4) is 0 Å². The van der Waals surface area contributed by atoms with E-state index in [1.807, 2.05) is 30.5 Å². The van der Waals surface area contributed by atoms with Gasteiger partial charge in [0.2, 0.25) is 0 Å². The van der Waals surface area contributed by atoms with E-state index in [0.717, 1.165) is 12.0 Å². The van der Waals surface area contributed by atoms with E-state index in [2.05, 4.69) is 5.43 Å². The van der Waals surface area contributed by atoms with Crippen molar-refractivity contribution in [2.24, 2.45) is 5.73 Å². The number of carbonyl (C=O) groups excluding carboxylic acids is 2. The van der Waals surface area contributed by atoms with Crippen LogP contribution in [-0.4, -0.2) is 18.5 Å². The summed E-state index contributed by atoms with van der Waals surface area (Å²) in [7, 11) is 0. The molecule has 6 nitrogen and oxygen atoms in total. The van der Waals surface area contributed by atoms with Gasteiger partial charge in [0.25, 0.3) is 5.91 Å². The summed E-state index contributed by atoms with van der Waals surface area (Å²) in [4.78, 5) is 21.5. The molecule has 0 radical (unpaired) electrons. The molecule has 0 saturated carbocycles. The number of nitrogens with one attached hydrogen (secondary N) is 2. The minimum absolute atomic E-state index is 0.187. The molecule has 0 atom stereocenters. The molecule has 1 aromatic carbocycles. The highest BCUT2D eigenvalue weighted by atomic mass is 16.5. The number of hydrogen-bond donors (Lipinski definition) is 3. The molecule has 4 N–H and O–H groups in total. The summed E-state index contributed by atoms with van der Waals surface area (Å²) in [5.74, 6) is 0.129. The van der Waals surface area contributed by atoms with Crippen molar-refractivity contribution >= 4 is 11.9 Å². The third kappa shape index (κ3) is 4.87.